The van der Waals surface area contributed by atoms with Crippen molar-refractivity contribution in [2.45, 2.75) is 40.2 Å². The van der Waals surface area contributed by atoms with Crippen molar-refractivity contribution in [2.75, 3.05) is 6.54 Å². The standard InChI is InChI=1S/C9H9N.C6H14O4S/c1-2-4-9-7-10-6-5-8(9)3-1;1-5(6(2,3)4)10-11(7,8)9/h1-4,7H,5-6H2;5H,1-4H3,(H,7,8,9). The first-order valence-corrected chi connectivity index (χ1v) is 8.19. The zero-order valence-corrected chi connectivity index (χ0v) is 13.7. The molecule has 0 amide bonds. The van der Waals surface area contributed by atoms with Gasteiger partial charge in [-0.15, -0.1) is 0 Å². The summed E-state index contributed by atoms with van der Waals surface area (Å²) < 4.78 is 33.1. The van der Waals surface area contributed by atoms with Crippen LogP contribution < -0.4 is 0 Å². The van der Waals surface area contributed by atoms with Gasteiger partial charge in [0.2, 0.25) is 0 Å². The molecule has 5 nitrogen and oxygen atoms in total. The molecule has 0 saturated heterocycles. The van der Waals surface area contributed by atoms with Gasteiger partial charge in [-0.2, -0.15) is 8.42 Å². The third kappa shape index (κ3) is 6.84. The van der Waals surface area contributed by atoms with Gasteiger partial charge in [0, 0.05) is 12.8 Å². The lowest BCUT2D eigenvalue weighted by Gasteiger charge is -2.24. The number of aliphatic imine (C=N–C) groups is 1. The third-order valence-corrected chi connectivity index (χ3v) is 3.81. The van der Waals surface area contributed by atoms with Crippen LogP contribution in [0.25, 0.3) is 0 Å². The van der Waals surface area contributed by atoms with Crippen molar-refractivity contribution in [1.82, 2.24) is 0 Å². The smallest absolute Gasteiger partial charge is 0.292 e. The minimum absolute atomic E-state index is 0.296. The molecule has 1 unspecified atom stereocenters. The van der Waals surface area contributed by atoms with E-state index in [1.54, 1.807) is 6.92 Å². The molecule has 0 saturated carbocycles. The maximum Gasteiger partial charge on any atom is 0.397 e. The van der Waals surface area contributed by atoms with E-state index in [9.17, 15) is 8.42 Å². The summed E-state index contributed by atoms with van der Waals surface area (Å²) in [6.07, 6.45) is 2.53. The predicted octanol–water partition coefficient (Wildman–Crippen LogP) is 2.90. The summed E-state index contributed by atoms with van der Waals surface area (Å²) in [6.45, 7) is 8.01. The van der Waals surface area contributed by atoms with Gasteiger partial charge in [-0.25, -0.2) is 4.18 Å². The Morgan fingerprint density at radius 3 is 2.38 bits per heavy atom. The van der Waals surface area contributed by atoms with Crippen molar-refractivity contribution in [3.63, 3.8) is 0 Å². The maximum atomic E-state index is 10.2. The van der Waals surface area contributed by atoms with Gasteiger partial charge in [-0.05, 0) is 29.9 Å². The van der Waals surface area contributed by atoms with E-state index >= 15 is 0 Å². The molecule has 1 atom stereocenters. The van der Waals surface area contributed by atoms with Crippen molar-refractivity contribution in [3.05, 3.63) is 35.4 Å². The number of hydrogen-bond acceptors (Lipinski definition) is 4. The SMILES string of the molecule is C1=NCCc2ccccc21.CC(OS(=O)(=O)O)C(C)(C)C. The molecule has 0 radical (unpaired) electrons. The zero-order chi connectivity index (χ0) is 16.1. The number of benzene rings is 1. The summed E-state index contributed by atoms with van der Waals surface area (Å²) >= 11 is 0. The Kier molecular flexibility index (Phi) is 6.07. The van der Waals surface area contributed by atoms with Gasteiger partial charge in [0.1, 0.15) is 0 Å². The van der Waals surface area contributed by atoms with Crippen molar-refractivity contribution < 1.29 is 17.2 Å². The van der Waals surface area contributed by atoms with Gasteiger partial charge in [-0.3, -0.25) is 9.55 Å². The topological polar surface area (TPSA) is 76.0 Å². The normalized spacial score (nSPS) is 15.7. The van der Waals surface area contributed by atoms with Crippen LogP contribution in [0, 0.1) is 5.41 Å². The second kappa shape index (κ2) is 7.15. The first-order valence-electron chi connectivity index (χ1n) is 6.83. The highest BCUT2D eigenvalue weighted by atomic mass is 32.3. The lowest BCUT2D eigenvalue weighted by Crippen LogP contribution is -2.28. The summed E-state index contributed by atoms with van der Waals surface area (Å²) in [5, 5.41) is 0. The fourth-order valence-electron chi connectivity index (χ4n) is 1.56. The fourth-order valence-corrected chi connectivity index (χ4v) is 2.22. The van der Waals surface area contributed by atoms with E-state index in [2.05, 4.69) is 33.4 Å². The molecule has 1 aliphatic rings. The predicted molar refractivity (Wildman–Crippen MR) is 84.2 cm³/mol. The van der Waals surface area contributed by atoms with Crippen molar-refractivity contribution in [2.24, 2.45) is 10.4 Å². The Morgan fingerprint density at radius 1 is 1.29 bits per heavy atom. The van der Waals surface area contributed by atoms with Crippen LogP contribution in [0.4, 0.5) is 0 Å². The highest BCUT2D eigenvalue weighted by Crippen LogP contribution is 2.22. The summed E-state index contributed by atoms with van der Waals surface area (Å²) in [5.74, 6) is 0. The number of hydrogen-bond donors (Lipinski definition) is 1. The molecule has 21 heavy (non-hydrogen) atoms. The molecule has 118 valence electrons. The number of rotatable bonds is 2. The molecule has 0 spiro atoms. The van der Waals surface area contributed by atoms with E-state index < -0.39 is 16.5 Å². The molecule has 0 bridgehead atoms. The summed E-state index contributed by atoms with van der Waals surface area (Å²) in [6, 6.07) is 8.41. The van der Waals surface area contributed by atoms with Gasteiger partial charge in [0.05, 0.1) is 6.10 Å². The number of fused-ring (bicyclic) bond motifs is 1. The fraction of sp³-hybridized carbons (Fsp3) is 0.533. The van der Waals surface area contributed by atoms with Crippen molar-refractivity contribution >= 4 is 16.6 Å². The Morgan fingerprint density at radius 2 is 1.90 bits per heavy atom. The minimum Gasteiger partial charge on any atom is -0.292 e. The van der Waals surface area contributed by atoms with Crippen LogP contribution in [0.1, 0.15) is 38.8 Å². The van der Waals surface area contributed by atoms with Crippen LogP contribution in [0.15, 0.2) is 29.3 Å². The average Bonchev–Trinajstić information content (AvgIpc) is 2.37. The minimum atomic E-state index is -4.31. The average molecular weight is 313 g/mol. The van der Waals surface area contributed by atoms with Crippen LogP contribution in [0.2, 0.25) is 0 Å². The summed E-state index contributed by atoms with van der Waals surface area (Å²) in [4.78, 5) is 4.19. The van der Waals surface area contributed by atoms with Crippen LogP contribution in [0.5, 0.6) is 0 Å². The lowest BCUT2D eigenvalue weighted by atomic mass is 9.91. The quantitative estimate of drug-likeness (QED) is 0.852. The second-order valence-electron chi connectivity index (χ2n) is 6.02. The molecule has 0 aliphatic carbocycles. The van der Waals surface area contributed by atoms with Gasteiger partial charge in [0.15, 0.2) is 0 Å². The second-order valence-corrected chi connectivity index (χ2v) is 7.06. The molecular formula is C15H23NO4S. The van der Waals surface area contributed by atoms with Gasteiger partial charge >= 0.3 is 10.4 Å². The largest absolute Gasteiger partial charge is 0.397 e. The Labute approximate surface area is 127 Å². The molecular weight excluding hydrogens is 290 g/mol. The molecule has 1 heterocycles. The Hall–Kier alpha value is -1.24. The van der Waals surface area contributed by atoms with E-state index in [0.29, 0.717) is 0 Å². The van der Waals surface area contributed by atoms with E-state index in [1.165, 1.54) is 11.1 Å². The highest BCUT2D eigenvalue weighted by molar-refractivity contribution is 7.80. The number of nitrogens with zero attached hydrogens (tertiary/aromatic N) is 1. The molecule has 2 rings (SSSR count). The van der Waals surface area contributed by atoms with Crippen LogP contribution in [-0.2, 0) is 21.0 Å². The Bertz CT molecular complexity index is 588. The van der Waals surface area contributed by atoms with Crippen LogP contribution >= 0.6 is 0 Å². The lowest BCUT2D eigenvalue weighted by molar-refractivity contribution is 0.0955. The highest BCUT2D eigenvalue weighted by Gasteiger charge is 2.25. The zero-order valence-electron chi connectivity index (χ0n) is 12.9. The van der Waals surface area contributed by atoms with Gasteiger partial charge in [0.25, 0.3) is 0 Å². The monoisotopic (exact) mass is 313 g/mol. The summed E-state index contributed by atoms with van der Waals surface area (Å²) in [7, 11) is -4.31. The van der Waals surface area contributed by atoms with Gasteiger partial charge in [-0.1, -0.05) is 45.0 Å². The third-order valence-electron chi connectivity index (χ3n) is 3.28. The van der Waals surface area contributed by atoms with Crippen molar-refractivity contribution in [1.29, 1.82) is 0 Å². The maximum absolute atomic E-state index is 10.2. The molecule has 1 aromatic carbocycles. The van der Waals surface area contributed by atoms with E-state index in [0.717, 1.165) is 13.0 Å². The molecule has 1 aromatic rings. The van der Waals surface area contributed by atoms with E-state index in [1.807, 2.05) is 27.0 Å². The molecule has 1 N–H and O–H groups in total. The van der Waals surface area contributed by atoms with Crippen LogP contribution in [0.3, 0.4) is 0 Å². The first kappa shape index (κ1) is 17.8. The molecule has 0 aromatic heterocycles. The van der Waals surface area contributed by atoms with Crippen LogP contribution in [-0.4, -0.2) is 31.8 Å². The molecule has 6 heteroatoms. The van der Waals surface area contributed by atoms with E-state index in [4.69, 9.17) is 4.55 Å². The first-order chi connectivity index (χ1) is 9.59. The molecule has 1 aliphatic heterocycles. The van der Waals surface area contributed by atoms with Crippen molar-refractivity contribution in [3.8, 4) is 0 Å². The summed E-state index contributed by atoms with van der Waals surface area (Å²) in [5.41, 5.74) is 2.42. The Balaban J connectivity index is 0.000000210. The van der Waals surface area contributed by atoms with Gasteiger partial charge < -0.3 is 0 Å². The molecule has 0 fully saturated rings. The van der Waals surface area contributed by atoms with E-state index in [-0.39, 0.29) is 5.41 Å².